The summed E-state index contributed by atoms with van der Waals surface area (Å²) in [5.74, 6) is -0.618. The van der Waals surface area contributed by atoms with E-state index in [9.17, 15) is 15.0 Å². The van der Waals surface area contributed by atoms with Gasteiger partial charge in [-0.3, -0.25) is 0 Å². The third kappa shape index (κ3) is 3.73. The summed E-state index contributed by atoms with van der Waals surface area (Å²) >= 11 is 0. The van der Waals surface area contributed by atoms with E-state index in [1.807, 2.05) is 13.8 Å². The second kappa shape index (κ2) is 7.77. The van der Waals surface area contributed by atoms with Crippen LogP contribution in [0.3, 0.4) is 0 Å². The summed E-state index contributed by atoms with van der Waals surface area (Å²) in [4.78, 5) is 11.9. The number of hydrogen-bond donors (Lipinski definition) is 2. The summed E-state index contributed by atoms with van der Waals surface area (Å²) in [6.45, 7) is 10.1. The molecule has 0 fully saturated rings. The van der Waals surface area contributed by atoms with E-state index in [2.05, 4.69) is 19.6 Å². The maximum absolute atomic E-state index is 11.9. The van der Waals surface area contributed by atoms with Crippen LogP contribution in [0.2, 0.25) is 0 Å². The Kier molecular flexibility index (Phi) is 5.93. The molecule has 0 radical (unpaired) electrons. The quantitative estimate of drug-likeness (QED) is 0.707. The van der Waals surface area contributed by atoms with Gasteiger partial charge in [0.2, 0.25) is 0 Å². The molecule has 2 atom stereocenters. The van der Waals surface area contributed by atoms with E-state index in [-0.39, 0.29) is 28.9 Å². The number of carbonyl (C=O) groups is 1. The first kappa shape index (κ1) is 19.1. The smallest absolute Gasteiger partial charge is 0.339 e. The van der Waals surface area contributed by atoms with Crippen molar-refractivity contribution in [1.29, 1.82) is 0 Å². The van der Waals surface area contributed by atoms with Gasteiger partial charge < -0.3 is 14.9 Å². The molecule has 2 rings (SSSR count). The Bertz CT molecular complexity index is 715. The minimum Gasteiger partial charge on any atom is -0.507 e. The number of aromatic hydroxyl groups is 1. The van der Waals surface area contributed by atoms with Gasteiger partial charge in [0, 0.05) is 11.5 Å². The van der Waals surface area contributed by atoms with Crippen LogP contribution in [-0.2, 0) is 6.42 Å². The van der Waals surface area contributed by atoms with Gasteiger partial charge in [-0.15, -0.1) is 0 Å². The van der Waals surface area contributed by atoms with Crippen LogP contribution in [0.1, 0.15) is 67.4 Å². The van der Waals surface area contributed by atoms with Crippen molar-refractivity contribution in [2.24, 2.45) is 5.92 Å². The molecule has 1 aliphatic carbocycles. The monoisotopic (exact) mass is 344 g/mol. The molecule has 1 aromatic rings. The molecule has 1 unspecified atom stereocenters. The molecular formula is C21H28O4. The molecule has 0 amide bonds. The minimum atomic E-state index is -1.02. The van der Waals surface area contributed by atoms with Gasteiger partial charge in [0.05, 0.1) is 7.11 Å². The highest BCUT2D eigenvalue weighted by Crippen LogP contribution is 2.48. The normalized spacial score (nSPS) is 20.1. The van der Waals surface area contributed by atoms with Gasteiger partial charge in [0.25, 0.3) is 0 Å². The lowest BCUT2D eigenvalue weighted by molar-refractivity contribution is 0.0691. The van der Waals surface area contributed by atoms with Crippen LogP contribution in [0.4, 0.5) is 0 Å². The largest absolute Gasteiger partial charge is 0.507 e. The highest BCUT2D eigenvalue weighted by molar-refractivity contribution is 5.94. The molecule has 0 aromatic heterocycles. The molecule has 0 bridgehead atoms. The highest BCUT2D eigenvalue weighted by atomic mass is 16.5. The predicted molar refractivity (Wildman–Crippen MR) is 99.6 cm³/mol. The number of phenolic OH excluding ortho intramolecular Hbond substituents is 1. The molecule has 0 aliphatic heterocycles. The Morgan fingerprint density at radius 1 is 1.44 bits per heavy atom. The first-order valence-corrected chi connectivity index (χ1v) is 8.80. The van der Waals surface area contributed by atoms with Gasteiger partial charge in [-0.25, -0.2) is 4.79 Å². The predicted octanol–water partition coefficient (Wildman–Crippen LogP) is 5.07. The van der Waals surface area contributed by atoms with Crippen LogP contribution < -0.4 is 4.74 Å². The van der Waals surface area contributed by atoms with Crippen LogP contribution >= 0.6 is 0 Å². The van der Waals surface area contributed by atoms with E-state index in [0.29, 0.717) is 17.5 Å². The van der Waals surface area contributed by atoms with E-state index >= 15 is 0 Å². The first-order valence-electron chi connectivity index (χ1n) is 8.80. The lowest BCUT2D eigenvalue weighted by atomic mass is 9.73. The number of hydrogen-bond acceptors (Lipinski definition) is 3. The molecule has 1 aliphatic rings. The molecule has 1 aromatic carbocycles. The van der Waals surface area contributed by atoms with E-state index in [1.165, 1.54) is 12.7 Å². The second-order valence-electron chi connectivity index (χ2n) is 6.96. The van der Waals surface area contributed by atoms with Crippen LogP contribution in [0.25, 0.3) is 0 Å². The number of carboxylic acids is 1. The Balaban J connectivity index is 2.75. The van der Waals surface area contributed by atoms with Crippen molar-refractivity contribution in [1.82, 2.24) is 0 Å². The van der Waals surface area contributed by atoms with Gasteiger partial charge in [0.15, 0.2) is 0 Å². The summed E-state index contributed by atoms with van der Waals surface area (Å²) in [5.41, 5.74) is 3.60. The Labute approximate surface area is 149 Å². The summed E-state index contributed by atoms with van der Waals surface area (Å²) < 4.78 is 5.52. The van der Waals surface area contributed by atoms with Crippen LogP contribution in [0, 0.1) is 5.92 Å². The maximum atomic E-state index is 11.9. The topological polar surface area (TPSA) is 66.8 Å². The highest BCUT2D eigenvalue weighted by Gasteiger charge is 2.33. The van der Waals surface area contributed by atoms with Crippen LogP contribution in [0.5, 0.6) is 11.5 Å². The van der Waals surface area contributed by atoms with Gasteiger partial charge in [-0.1, -0.05) is 37.1 Å². The zero-order valence-corrected chi connectivity index (χ0v) is 15.6. The molecule has 2 N–H and O–H groups in total. The van der Waals surface area contributed by atoms with E-state index < -0.39 is 5.97 Å². The van der Waals surface area contributed by atoms with Crippen molar-refractivity contribution >= 4 is 5.97 Å². The van der Waals surface area contributed by atoms with E-state index in [4.69, 9.17) is 4.74 Å². The third-order valence-corrected chi connectivity index (χ3v) is 5.03. The second-order valence-corrected chi connectivity index (χ2v) is 6.96. The molecule has 25 heavy (non-hydrogen) atoms. The van der Waals surface area contributed by atoms with Gasteiger partial charge in [-0.2, -0.15) is 0 Å². The van der Waals surface area contributed by atoms with Crippen molar-refractivity contribution in [3.63, 3.8) is 0 Å². The lowest BCUT2D eigenvalue weighted by Crippen LogP contribution is -2.19. The molecule has 136 valence electrons. The number of carboxylic acid groups (broad SMARTS) is 1. The molecule has 4 heteroatoms. The number of methoxy groups -OCH3 is 1. The summed E-state index contributed by atoms with van der Waals surface area (Å²) in [6.07, 6.45) is 5.40. The number of allylic oxidation sites excluding steroid dienone is 3. The van der Waals surface area contributed by atoms with E-state index in [1.54, 1.807) is 6.07 Å². The Morgan fingerprint density at radius 3 is 2.64 bits per heavy atom. The fourth-order valence-corrected chi connectivity index (χ4v) is 3.85. The maximum Gasteiger partial charge on any atom is 0.339 e. The number of phenols is 1. The molecule has 0 saturated carbocycles. The molecular weight excluding hydrogens is 316 g/mol. The summed E-state index contributed by atoms with van der Waals surface area (Å²) in [6, 6.07) is 1.60. The van der Waals surface area contributed by atoms with Crippen LogP contribution in [-0.4, -0.2) is 23.3 Å². The zero-order chi connectivity index (χ0) is 18.7. The van der Waals surface area contributed by atoms with Crippen molar-refractivity contribution < 1.29 is 19.7 Å². The molecule has 4 nitrogen and oxygen atoms in total. The Hall–Kier alpha value is -2.23. The van der Waals surface area contributed by atoms with E-state index in [0.717, 1.165) is 24.8 Å². The first-order chi connectivity index (χ1) is 11.8. The average Bonchev–Trinajstić information content (AvgIpc) is 2.53. The van der Waals surface area contributed by atoms with Crippen molar-refractivity contribution in [2.75, 3.05) is 7.11 Å². The van der Waals surface area contributed by atoms with Gasteiger partial charge in [0.1, 0.15) is 17.1 Å². The fraction of sp³-hybridized carbons (Fsp3) is 0.476. The van der Waals surface area contributed by atoms with Crippen molar-refractivity contribution in [3.05, 3.63) is 46.6 Å². The average molecular weight is 344 g/mol. The SMILES string of the molecule is C=C(C)[C@@H]1CCC(C)=CC1c1c(O)cc(CCC)c(C(=O)O)c1OC. The number of benzene rings is 1. The van der Waals surface area contributed by atoms with Crippen molar-refractivity contribution in [3.8, 4) is 11.5 Å². The summed E-state index contributed by atoms with van der Waals surface area (Å²) in [7, 11) is 1.47. The summed E-state index contributed by atoms with van der Waals surface area (Å²) in [5, 5.41) is 20.5. The minimum absolute atomic E-state index is 0.104. The van der Waals surface area contributed by atoms with Gasteiger partial charge >= 0.3 is 5.97 Å². The third-order valence-electron chi connectivity index (χ3n) is 5.03. The fourth-order valence-electron chi connectivity index (χ4n) is 3.85. The number of ether oxygens (including phenoxy) is 1. The number of aryl methyl sites for hydroxylation is 1. The number of aromatic carboxylic acids is 1. The van der Waals surface area contributed by atoms with Crippen molar-refractivity contribution in [2.45, 2.75) is 52.4 Å². The molecule has 0 heterocycles. The molecule has 0 spiro atoms. The number of rotatable bonds is 6. The zero-order valence-electron chi connectivity index (χ0n) is 15.6. The standard InChI is InChI=1S/C21H28O4/c1-6-7-14-11-17(22)19(20(25-5)18(14)21(23)24)16-10-13(4)8-9-15(16)12(2)3/h10-11,15-16,22H,2,6-9H2,1,3-5H3,(H,23,24)/t15-,16?/m0/s1. The van der Waals surface area contributed by atoms with Crippen LogP contribution in [0.15, 0.2) is 29.9 Å². The Morgan fingerprint density at radius 2 is 2.12 bits per heavy atom. The lowest BCUT2D eigenvalue weighted by Gasteiger charge is -2.32. The molecule has 0 saturated heterocycles. The van der Waals surface area contributed by atoms with Gasteiger partial charge in [-0.05, 0) is 50.7 Å².